The summed E-state index contributed by atoms with van der Waals surface area (Å²) in [6, 6.07) is 0. The molecule has 0 saturated carbocycles. The van der Waals surface area contributed by atoms with Gasteiger partial charge in [-0.15, -0.1) is 5.06 Å². The molecule has 1 saturated heterocycles. The van der Waals surface area contributed by atoms with Crippen LogP contribution in [0.5, 0.6) is 5.88 Å². The Hall–Kier alpha value is -1.72. The number of carbonyl (C=O) groups excluding carboxylic acids is 1. The number of fused-ring (bicyclic) bond motifs is 3. The van der Waals surface area contributed by atoms with Crippen molar-refractivity contribution in [2.24, 2.45) is 0 Å². The molecule has 1 fully saturated rings. The molecular weight excluding hydrogens is 176 g/mol. The van der Waals surface area contributed by atoms with E-state index < -0.39 is 11.6 Å². The molecule has 1 aromatic heterocycles. The topological polar surface area (TPSA) is 64.8 Å². The van der Waals surface area contributed by atoms with E-state index in [9.17, 15) is 4.79 Å². The molecule has 1 unspecified atom stereocenters. The summed E-state index contributed by atoms with van der Waals surface area (Å²) in [6.07, 6.45) is 0.984. The molecule has 3 heterocycles. The molecule has 2 aliphatic rings. The lowest BCUT2D eigenvalue weighted by molar-refractivity contribution is -0.0492. The molecule has 13 heavy (non-hydrogen) atoms. The molecule has 0 N–H and O–H groups in total. The predicted octanol–water partition coefficient (Wildman–Crippen LogP) is 0.649. The molecule has 1 atom stereocenters. The van der Waals surface area contributed by atoms with Gasteiger partial charge in [-0.2, -0.15) is 0 Å². The zero-order valence-electron chi connectivity index (χ0n) is 6.81. The molecular formula is C7H6N2O4. The largest absolute Gasteiger partial charge is 0.444 e. The monoisotopic (exact) mass is 182 g/mol. The van der Waals surface area contributed by atoms with Crippen molar-refractivity contribution in [1.82, 2.24) is 10.2 Å². The lowest BCUT2D eigenvalue weighted by Crippen LogP contribution is -2.38. The molecule has 1 amide bonds. The minimum atomic E-state index is -0.577. The number of cyclic esters (lactones) is 1. The molecule has 1 aromatic rings. The number of aromatic nitrogens is 1. The summed E-state index contributed by atoms with van der Waals surface area (Å²) in [4.78, 5) is 16.3. The van der Waals surface area contributed by atoms with Crippen LogP contribution >= 0.6 is 0 Å². The number of hydrogen-bond acceptors (Lipinski definition) is 5. The fraction of sp³-hybridized carbons (Fsp3) is 0.429. The minimum absolute atomic E-state index is 0.264. The molecule has 0 aromatic carbocycles. The van der Waals surface area contributed by atoms with Gasteiger partial charge < -0.3 is 14.1 Å². The first-order chi connectivity index (χ1) is 6.22. The maximum absolute atomic E-state index is 11.1. The lowest BCUT2D eigenvalue weighted by Gasteiger charge is -2.19. The zero-order chi connectivity index (χ0) is 9.05. The van der Waals surface area contributed by atoms with Crippen LogP contribution in [0.25, 0.3) is 0 Å². The lowest BCUT2D eigenvalue weighted by atomic mass is 9.98. The highest BCUT2D eigenvalue weighted by atomic mass is 16.8. The summed E-state index contributed by atoms with van der Waals surface area (Å²) in [5.74, 6) is 0.346. The molecule has 0 aliphatic carbocycles. The summed E-state index contributed by atoms with van der Waals surface area (Å²) in [7, 11) is 0. The maximum atomic E-state index is 11.1. The Balaban J connectivity index is 2.17. The molecule has 68 valence electrons. The molecule has 0 spiro atoms. The van der Waals surface area contributed by atoms with Crippen molar-refractivity contribution in [1.29, 1.82) is 0 Å². The van der Waals surface area contributed by atoms with Crippen molar-refractivity contribution >= 4 is 6.09 Å². The second-order valence-corrected chi connectivity index (χ2v) is 3.25. The number of rotatable bonds is 0. The molecule has 0 bridgehead atoms. The Labute approximate surface area is 72.9 Å². The first-order valence-corrected chi connectivity index (χ1v) is 3.81. The van der Waals surface area contributed by atoms with Crippen LogP contribution in [0.2, 0.25) is 0 Å². The highest BCUT2D eigenvalue weighted by Crippen LogP contribution is 2.44. The van der Waals surface area contributed by atoms with Crippen molar-refractivity contribution in [3.63, 3.8) is 0 Å². The number of hydrogen-bond donors (Lipinski definition) is 0. The van der Waals surface area contributed by atoms with Gasteiger partial charge in [0.15, 0.2) is 0 Å². The van der Waals surface area contributed by atoms with Gasteiger partial charge in [0.2, 0.25) is 0 Å². The second-order valence-electron chi connectivity index (χ2n) is 3.25. The van der Waals surface area contributed by atoms with Gasteiger partial charge in [0.05, 0.1) is 5.56 Å². The third-order valence-corrected chi connectivity index (χ3v) is 2.39. The smallest absolute Gasteiger partial charge is 0.444 e. The fourth-order valence-electron chi connectivity index (χ4n) is 1.58. The molecule has 2 aliphatic heterocycles. The highest BCUT2D eigenvalue weighted by molar-refractivity contribution is 5.72. The summed E-state index contributed by atoms with van der Waals surface area (Å²) in [5, 5.41) is 4.79. The Bertz CT molecular complexity index is 388. The van der Waals surface area contributed by atoms with Gasteiger partial charge in [-0.1, -0.05) is 0 Å². The van der Waals surface area contributed by atoms with E-state index in [4.69, 9.17) is 14.1 Å². The van der Waals surface area contributed by atoms with Crippen molar-refractivity contribution in [3.05, 3.63) is 11.8 Å². The molecule has 6 heteroatoms. The number of hydroxylamine groups is 2. The molecule has 0 radical (unpaired) electrons. The van der Waals surface area contributed by atoms with Crippen LogP contribution in [-0.4, -0.2) is 22.9 Å². The third-order valence-electron chi connectivity index (χ3n) is 2.39. The number of amides is 1. The van der Waals surface area contributed by atoms with E-state index in [-0.39, 0.29) is 6.61 Å². The minimum Gasteiger partial charge on any atom is -0.444 e. The average molecular weight is 182 g/mol. The summed E-state index contributed by atoms with van der Waals surface area (Å²) >= 11 is 0. The first-order valence-electron chi connectivity index (χ1n) is 3.81. The standard InChI is InChI=1S/C7H6N2O4/c1-7-3-11-6(10)9(7)13-5-4(7)2-12-8-5/h2H,3H2,1H3. The number of nitrogens with zero attached hydrogens (tertiary/aromatic N) is 2. The van der Waals surface area contributed by atoms with E-state index in [2.05, 4.69) is 5.16 Å². The van der Waals surface area contributed by atoms with Crippen LogP contribution in [0.1, 0.15) is 12.5 Å². The van der Waals surface area contributed by atoms with Crippen LogP contribution in [-0.2, 0) is 10.3 Å². The van der Waals surface area contributed by atoms with Crippen molar-refractivity contribution in [2.45, 2.75) is 12.5 Å². The quantitative estimate of drug-likeness (QED) is 0.589. The van der Waals surface area contributed by atoms with E-state index in [1.807, 2.05) is 6.92 Å². The Kier molecular flexibility index (Phi) is 0.927. The van der Waals surface area contributed by atoms with E-state index in [1.54, 1.807) is 0 Å². The summed E-state index contributed by atoms with van der Waals surface area (Å²) < 4.78 is 9.57. The van der Waals surface area contributed by atoms with Crippen molar-refractivity contribution < 1.29 is 18.9 Å². The van der Waals surface area contributed by atoms with Gasteiger partial charge in [0.25, 0.3) is 5.88 Å². The van der Waals surface area contributed by atoms with Crippen LogP contribution in [0.3, 0.4) is 0 Å². The van der Waals surface area contributed by atoms with E-state index >= 15 is 0 Å². The average Bonchev–Trinajstić information content (AvgIpc) is 2.70. The highest BCUT2D eigenvalue weighted by Gasteiger charge is 2.55. The van der Waals surface area contributed by atoms with Crippen molar-refractivity contribution in [3.8, 4) is 5.88 Å². The van der Waals surface area contributed by atoms with E-state index in [1.165, 1.54) is 11.3 Å². The SMILES string of the molecule is CC12COC(=O)N1Oc1nocc12. The van der Waals surface area contributed by atoms with Crippen LogP contribution in [0, 0.1) is 0 Å². The van der Waals surface area contributed by atoms with E-state index in [0.717, 1.165) is 5.56 Å². The number of carbonyl (C=O) groups is 1. The summed E-state index contributed by atoms with van der Waals surface area (Å²) in [6.45, 7) is 2.10. The Morgan fingerprint density at radius 1 is 1.69 bits per heavy atom. The Morgan fingerprint density at radius 3 is 3.38 bits per heavy atom. The predicted molar refractivity (Wildman–Crippen MR) is 37.7 cm³/mol. The maximum Gasteiger partial charge on any atom is 0.444 e. The van der Waals surface area contributed by atoms with Gasteiger partial charge in [0, 0.05) is 0 Å². The fourth-order valence-corrected chi connectivity index (χ4v) is 1.58. The normalized spacial score (nSPS) is 29.6. The molecule has 6 nitrogen and oxygen atoms in total. The van der Waals surface area contributed by atoms with Gasteiger partial charge in [-0.05, 0) is 12.1 Å². The Morgan fingerprint density at radius 2 is 2.54 bits per heavy atom. The van der Waals surface area contributed by atoms with Gasteiger partial charge in [0.1, 0.15) is 18.4 Å². The van der Waals surface area contributed by atoms with Crippen LogP contribution in [0.15, 0.2) is 10.8 Å². The third kappa shape index (κ3) is 0.600. The van der Waals surface area contributed by atoms with E-state index in [0.29, 0.717) is 5.88 Å². The van der Waals surface area contributed by atoms with Crippen LogP contribution < -0.4 is 4.84 Å². The van der Waals surface area contributed by atoms with Gasteiger partial charge >= 0.3 is 6.09 Å². The van der Waals surface area contributed by atoms with Gasteiger partial charge in [-0.25, -0.2) is 4.79 Å². The van der Waals surface area contributed by atoms with Gasteiger partial charge in [-0.3, -0.25) is 0 Å². The summed E-state index contributed by atoms with van der Waals surface area (Å²) in [5.41, 5.74) is 0.172. The zero-order valence-corrected chi connectivity index (χ0v) is 6.81. The van der Waals surface area contributed by atoms with Crippen LogP contribution in [0.4, 0.5) is 4.79 Å². The number of ether oxygens (including phenoxy) is 1. The first kappa shape index (κ1) is 6.76. The van der Waals surface area contributed by atoms with Crippen molar-refractivity contribution in [2.75, 3.05) is 6.61 Å². The molecule has 3 rings (SSSR count). The second kappa shape index (κ2) is 1.78.